The van der Waals surface area contributed by atoms with Crippen LogP contribution in [0.4, 0.5) is 5.82 Å². The molecule has 0 aliphatic carbocycles. The van der Waals surface area contributed by atoms with Crippen molar-refractivity contribution in [2.45, 2.75) is 13.3 Å². The van der Waals surface area contributed by atoms with Crippen molar-refractivity contribution in [3.05, 3.63) is 23.9 Å². The normalized spacial score (nSPS) is 16.2. The molecule has 0 saturated carbocycles. The SMILES string of the molecule is CCOC(=O)c1ccc(N2CCCNCC2)nc1. The molecular formula is C13H19N3O2. The van der Waals surface area contributed by atoms with Crippen LogP contribution in [0.2, 0.25) is 0 Å². The van der Waals surface area contributed by atoms with Gasteiger partial charge in [0.2, 0.25) is 0 Å². The van der Waals surface area contributed by atoms with Crippen molar-refractivity contribution < 1.29 is 9.53 Å². The Balaban J connectivity index is 2.04. The van der Waals surface area contributed by atoms with Gasteiger partial charge in [-0.15, -0.1) is 0 Å². The Morgan fingerprint density at radius 1 is 1.44 bits per heavy atom. The highest BCUT2D eigenvalue weighted by Gasteiger charge is 2.12. The Morgan fingerprint density at radius 3 is 3.06 bits per heavy atom. The molecule has 0 radical (unpaired) electrons. The lowest BCUT2D eigenvalue weighted by molar-refractivity contribution is 0.0526. The summed E-state index contributed by atoms with van der Waals surface area (Å²) < 4.78 is 4.93. The van der Waals surface area contributed by atoms with Crippen LogP contribution in [0.5, 0.6) is 0 Å². The second-order valence-corrected chi connectivity index (χ2v) is 4.22. The predicted octanol–water partition coefficient (Wildman–Crippen LogP) is 1.06. The lowest BCUT2D eigenvalue weighted by atomic mass is 10.2. The Bertz CT molecular complexity index is 384. The monoisotopic (exact) mass is 249 g/mol. The minimum Gasteiger partial charge on any atom is -0.462 e. The average molecular weight is 249 g/mol. The largest absolute Gasteiger partial charge is 0.462 e. The van der Waals surface area contributed by atoms with Crippen LogP contribution in [0.1, 0.15) is 23.7 Å². The minimum atomic E-state index is -0.311. The smallest absolute Gasteiger partial charge is 0.339 e. The van der Waals surface area contributed by atoms with Gasteiger partial charge >= 0.3 is 5.97 Å². The first-order valence-electron chi connectivity index (χ1n) is 6.40. The Morgan fingerprint density at radius 2 is 2.33 bits per heavy atom. The third kappa shape index (κ3) is 3.20. The van der Waals surface area contributed by atoms with Gasteiger partial charge in [0.25, 0.3) is 0 Å². The molecule has 2 heterocycles. The number of esters is 1. The molecule has 5 nitrogen and oxygen atoms in total. The minimum absolute atomic E-state index is 0.311. The van der Waals surface area contributed by atoms with Crippen molar-refractivity contribution in [2.75, 3.05) is 37.7 Å². The van der Waals surface area contributed by atoms with Crippen LogP contribution in [0.3, 0.4) is 0 Å². The second-order valence-electron chi connectivity index (χ2n) is 4.22. The first kappa shape index (κ1) is 12.8. The van der Waals surface area contributed by atoms with Crippen LogP contribution >= 0.6 is 0 Å². The number of aromatic nitrogens is 1. The molecule has 1 aliphatic heterocycles. The molecule has 98 valence electrons. The summed E-state index contributed by atoms with van der Waals surface area (Å²) in [5, 5.41) is 3.35. The van der Waals surface area contributed by atoms with E-state index in [-0.39, 0.29) is 5.97 Å². The van der Waals surface area contributed by atoms with Gasteiger partial charge < -0.3 is 15.0 Å². The molecule has 1 aliphatic rings. The van der Waals surface area contributed by atoms with Gasteiger partial charge in [-0.05, 0) is 32.0 Å². The van der Waals surface area contributed by atoms with Crippen molar-refractivity contribution in [2.24, 2.45) is 0 Å². The first-order valence-corrected chi connectivity index (χ1v) is 6.40. The summed E-state index contributed by atoms with van der Waals surface area (Å²) >= 11 is 0. The molecule has 0 atom stereocenters. The molecular weight excluding hydrogens is 230 g/mol. The Hall–Kier alpha value is -1.62. The van der Waals surface area contributed by atoms with Crippen LogP contribution in [0.25, 0.3) is 0 Å². The topological polar surface area (TPSA) is 54.5 Å². The van der Waals surface area contributed by atoms with E-state index in [1.807, 2.05) is 6.07 Å². The zero-order valence-corrected chi connectivity index (χ0v) is 10.7. The van der Waals surface area contributed by atoms with Crippen LogP contribution < -0.4 is 10.2 Å². The molecule has 0 spiro atoms. The third-order valence-electron chi connectivity index (χ3n) is 2.92. The average Bonchev–Trinajstić information content (AvgIpc) is 2.68. The van der Waals surface area contributed by atoms with Gasteiger partial charge in [0, 0.05) is 25.8 Å². The molecule has 1 saturated heterocycles. The third-order valence-corrected chi connectivity index (χ3v) is 2.92. The van der Waals surface area contributed by atoms with E-state index in [1.165, 1.54) is 0 Å². The van der Waals surface area contributed by atoms with Crippen molar-refractivity contribution in [3.63, 3.8) is 0 Å². The quantitative estimate of drug-likeness (QED) is 0.812. The van der Waals surface area contributed by atoms with Gasteiger partial charge in [-0.25, -0.2) is 9.78 Å². The van der Waals surface area contributed by atoms with E-state index in [2.05, 4.69) is 15.2 Å². The van der Waals surface area contributed by atoms with E-state index in [0.29, 0.717) is 12.2 Å². The van der Waals surface area contributed by atoms with Gasteiger partial charge in [0.1, 0.15) is 5.82 Å². The number of hydrogen-bond donors (Lipinski definition) is 1. The highest BCUT2D eigenvalue weighted by molar-refractivity contribution is 5.89. The van der Waals surface area contributed by atoms with E-state index in [9.17, 15) is 4.79 Å². The highest BCUT2D eigenvalue weighted by atomic mass is 16.5. The zero-order valence-electron chi connectivity index (χ0n) is 10.7. The maximum atomic E-state index is 11.5. The molecule has 0 aromatic carbocycles. The van der Waals surface area contributed by atoms with Crippen molar-refractivity contribution >= 4 is 11.8 Å². The van der Waals surface area contributed by atoms with Gasteiger partial charge in [-0.1, -0.05) is 0 Å². The number of carbonyl (C=O) groups is 1. The maximum absolute atomic E-state index is 11.5. The van der Waals surface area contributed by atoms with Crippen molar-refractivity contribution in [1.29, 1.82) is 0 Å². The fourth-order valence-corrected chi connectivity index (χ4v) is 1.98. The summed E-state index contributed by atoms with van der Waals surface area (Å²) in [5.74, 6) is 0.612. The van der Waals surface area contributed by atoms with E-state index in [0.717, 1.165) is 38.4 Å². The van der Waals surface area contributed by atoms with E-state index in [1.54, 1.807) is 19.2 Å². The molecule has 1 aromatic rings. The number of hydrogen-bond acceptors (Lipinski definition) is 5. The summed E-state index contributed by atoms with van der Waals surface area (Å²) in [6, 6.07) is 3.66. The van der Waals surface area contributed by atoms with Crippen molar-refractivity contribution in [3.8, 4) is 0 Å². The molecule has 1 N–H and O–H groups in total. The Kier molecular flexibility index (Phi) is 4.52. The molecule has 1 fully saturated rings. The number of pyridine rings is 1. The van der Waals surface area contributed by atoms with Gasteiger partial charge in [-0.2, -0.15) is 0 Å². The summed E-state index contributed by atoms with van der Waals surface area (Å²) in [6.45, 7) is 6.16. The van der Waals surface area contributed by atoms with Gasteiger partial charge in [0.15, 0.2) is 0 Å². The number of anilines is 1. The summed E-state index contributed by atoms with van der Waals surface area (Å²) in [4.78, 5) is 18.1. The summed E-state index contributed by atoms with van der Waals surface area (Å²) in [5.41, 5.74) is 0.508. The first-order chi connectivity index (χ1) is 8.81. The molecule has 1 aromatic heterocycles. The van der Waals surface area contributed by atoms with E-state index < -0.39 is 0 Å². The molecule has 18 heavy (non-hydrogen) atoms. The zero-order chi connectivity index (χ0) is 12.8. The second kappa shape index (κ2) is 6.35. The number of ether oxygens (including phenoxy) is 1. The lowest BCUT2D eigenvalue weighted by Crippen LogP contribution is -2.28. The van der Waals surface area contributed by atoms with Crippen LogP contribution in [-0.4, -0.2) is 43.7 Å². The van der Waals surface area contributed by atoms with Crippen molar-refractivity contribution in [1.82, 2.24) is 10.3 Å². The summed E-state index contributed by atoms with van der Waals surface area (Å²) in [7, 11) is 0. The van der Waals surface area contributed by atoms with Gasteiger partial charge in [0.05, 0.1) is 12.2 Å². The summed E-state index contributed by atoms with van der Waals surface area (Å²) in [6.07, 6.45) is 2.70. The van der Waals surface area contributed by atoms with E-state index in [4.69, 9.17) is 4.74 Å². The molecule has 0 amide bonds. The fourth-order valence-electron chi connectivity index (χ4n) is 1.98. The van der Waals surface area contributed by atoms with Gasteiger partial charge in [-0.3, -0.25) is 0 Å². The number of carbonyl (C=O) groups excluding carboxylic acids is 1. The Labute approximate surface area is 107 Å². The molecule has 2 rings (SSSR count). The number of nitrogens with one attached hydrogen (secondary N) is 1. The fraction of sp³-hybridized carbons (Fsp3) is 0.538. The predicted molar refractivity (Wildman–Crippen MR) is 69.9 cm³/mol. The lowest BCUT2D eigenvalue weighted by Gasteiger charge is -2.20. The molecule has 0 unspecified atom stereocenters. The van der Waals surface area contributed by atoms with Crippen LogP contribution in [0, 0.1) is 0 Å². The molecule has 0 bridgehead atoms. The number of rotatable bonds is 3. The standard InChI is InChI=1S/C13H19N3O2/c1-2-18-13(17)11-4-5-12(15-10-11)16-8-3-6-14-7-9-16/h4-5,10,14H,2-3,6-9H2,1H3. The van der Waals surface area contributed by atoms with Crippen LogP contribution in [0.15, 0.2) is 18.3 Å². The molecule has 5 heteroatoms. The van der Waals surface area contributed by atoms with E-state index >= 15 is 0 Å². The highest BCUT2D eigenvalue weighted by Crippen LogP contribution is 2.13. The number of nitrogens with zero attached hydrogens (tertiary/aromatic N) is 2. The van der Waals surface area contributed by atoms with Crippen LogP contribution in [-0.2, 0) is 4.74 Å². The maximum Gasteiger partial charge on any atom is 0.339 e.